The zero-order valence-corrected chi connectivity index (χ0v) is 19.3. The highest BCUT2D eigenvalue weighted by atomic mass is 32.1. The molecule has 4 rings (SSSR count). The van der Waals surface area contributed by atoms with Crippen molar-refractivity contribution in [1.82, 2.24) is 14.1 Å². The van der Waals surface area contributed by atoms with Crippen molar-refractivity contribution in [3.05, 3.63) is 78.3 Å². The number of allylic oxidation sites excluding steroid dienone is 2. The summed E-state index contributed by atoms with van der Waals surface area (Å²) in [6.07, 6.45) is -3.44. The van der Waals surface area contributed by atoms with Crippen molar-refractivity contribution in [3.63, 3.8) is 0 Å². The molecule has 0 saturated carbocycles. The average Bonchev–Trinajstić information content (AvgIpc) is 3.40. The Morgan fingerprint density at radius 3 is 2.54 bits per heavy atom. The van der Waals surface area contributed by atoms with Crippen molar-refractivity contribution in [2.75, 3.05) is 5.32 Å². The van der Waals surface area contributed by atoms with E-state index < -0.39 is 34.7 Å². The minimum Gasteiger partial charge on any atom is -0.302 e. The first kappa shape index (κ1) is 24.3. The molecule has 182 valence electrons. The monoisotopic (exact) mass is 507 g/mol. The number of aromatic nitrogens is 3. The molecule has 1 amide bonds. The lowest BCUT2D eigenvalue weighted by atomic mass is 10.1. The number of benzene rings is 1. The molecule has 0 unspecified atom stereocenters. The fourth-order valence-electron chi connectivity index (χ4n) is 3.65. The van der Waals surface area contributed by atoms with Crippen LogP contribution in [0.15, 0.2) is 49.9 Å². The average molecular weight is 507 g/mol. The predicted molar refractivity (Wildman–Crippen MR) is 121 cm³/mol. The summed E-state index contributed by atoms with van der Waals surface area (Å²) in [5.74, 6) is -1.96. The van der Waals surface area contributed by atoms with Crippen LogP contribution in [0.4, 0.5) is 22.7 Å². The van der Waals surface area contributed by atoms with Gasteiger partial charge in [0.15, 0.2) is 5.13 Å². The summed E-state index contributed by atoms with van der Waals surface area (Å²) in [5.41, 5.74) is -1.31. The van der Waals surface area contributed by atoms with Gasteiger partial charge >= 0.3 is 11.9 Å². The summed E-state index contributed by atoms with van der Waals surface area (Å²) in [5, 5.41) is 4.32. The van der Waals surface area contributed by atoms with Gasteiger partial charge in [-0.15, -0.1) is 11.3 Å². The number of rotatable bonds is 4. The Bertz CT molecular complexity index is 1650. The van der Waals surface area contributed by atoms with Crippen molar-refractivity contribution in [1.29, 1.82) is 0 Å². The summed E-state index contributed by atoms with van der Waals surface area (Å²) in [6, 6.07) is 2.46. The summed E-state index contributed by atoms with van der Waals surface area (Å²) in [7, 11) is 2.80. The molecule has 0 aliphatic carbocycles. The van der Waals surface area contributed by atoms with E-state index in [9.17, 15) is 31.9 Å². The van der Waals surface area contributed by atoms with Crippen molar-refractivity contribution in [2.24, 2.45) is 19.1 Å². The summed E-state index contributed by atoms with van der Waals surface area (Å²) in [4.78, 5) is 46.1. The second-order valence-electron chi connectivity index (χ2n) is 7.62. The van der Waals surface area contributed by atoms with Gasteiger partial charge in [-0.05, 0) is 19.1 Å². The van der Waals surface area contributed by atoms with Crippen molar-refractivity contribution in [3.8, 4) is 11.3 Å². The highest BCUT2D eigenvalue weighted by Gasteiger charge is 2.34. The second-order valence-corrected chi connectivity index (χ2v) is 8.48. The molecule has 1 N–H and O–H groups in total. The number of carbonyl (C=O) groups excluding carboxylic acids is 1. The molecule has 0 fully saturated rings. The molecule has 3 heterocycles. The van der Waals surface area contributed by atoms with Gasteiger partial charge in [-0.25, -0.2) is 19.2 Å². The van der Waals surface area contributed by atoms with Crippen LogP contribution in [0, 0.1) is 5.82 Å². The number of carbonyl (C=O) groups is 1. The van der Waals surface area contributed by atoms with E-state index in [1.807, 2.05) is 0 Å². The summed E-state index contributed by atoms with van der Waals surface area (Å²) < 4.78 is 54.4. The van der Waals surface area contributed by atoms with Crippen LogP contribution in [0.3, 0.4) is 0 Å². The molecule has 0 saturated heterocycles. The molecule has 1 aromatic carbocycles. The van der Waals surface area contributed by atoms with E-state index >= 15 is 0 Å². The lowest BCUT2D eigenvalue weighted by molar-refractivity contribution is -0.140. The van der Waals surface area contributed by atoms with E-state index in [1.54, 1.807) is 13.0 Å². The van der Waals surface area contributed by atoms with Gasteiger partial charge in [0.2, 0.25) is 5.91 Å². The quantitative estimate of drug-likeness (QED) is 0.547. The number of nitrogens with zero attached hydrogens (tertiary/aromatic N) is 4. The van der Waals surface area contributed by atoms with Crippen LogP contribution in [0.5, 0.6) is 0 Å². The number of thiazole rings is 1. The Kier molecular flexibility index (Phi) is 6.05. The number of hydrogen-bond donors (Lipinski definition) is 1. The zero-order valence-electron chi connectivity index (χ0n) is 18.5. The van der Waals surface area contributed by atoms with Crippen LogP contribution in [0.25, 0.3) is 16.8 Å². The van der Waals surface area contributed by atoms with Crippen LogP contribution in [-0.2, 0) is 25.1 Å². The number of halogens is 4. The number of anilines is 1. The fraction of sp³-hybridized carbons (Fsp3) is 0.227. The molecule has 35 heavy (non-hydrogen) atoms. The first-order valence-corrected chi connectivity index (χ1v) is 11.0. The third-order valence-electron chi connectivity index (χ3n) is 5.40. The van der Waals surface area contributed by atoms with E-state index in [0.717, 1.165) is 28.0 Å². The fourth-order valence-corrected chi connectivity index (χ4v) is 4.38. The number of fused-ring (bicyclic) bond motifs is 1. The lowest BCUT2D eigenvalue weighted by Crippen LogP contribution is -2.56. The van der Waals surface area contributed by atoms with Gasteiger partial charge in [0.1, 0.15) is 11.3 Å². The third kappa shape index (κ3) is 4.34. The molecule has 2 aromatic heterocycles. The van der Waals surface area contributed by atoms with Gasteiger partial charge in [-0.1, -0.05) is 12.1 Å². The van der Waals surface area contributed by atoms with E-state index in [2.05, 4.69) is 15.3 Å². The minimum absolute atomic E-state index is 0.116. The predicted octanol–water partition coefficient (Wildman–Crippen LogP) is 2.08. The largest absolute Gasteiger partial charge is 0.419 e. The maximum Gasteiger partial charge on any atom is 0.419 e. The number of nitrogens with one attached hydrogen (secondary N) is 1. The molecular weight excluding hydrogens is 490 g/mol. The number of alkyl halides is 3. The Morgan fingerprint density at radius 2 is 1.91 bits per heavy atom. The summed E-state index contributed by atoms with van der Waals surface area (Å²) in [6.45, 7) is 1.68. The number of amides is 1. The highest BCUT2D eigenvalue weighted by molar-refractivity contribution is 7.14. The van der Waals surface area contributed by atoms with Crippen LogP contribution in [0.1, 0.15) is 18.9 Å². The van der Waals surface area contributed by atoms with E-state index in [0.29, 0.717) is 17.3 Å². The maximum atomic E-state index is 13.9. The zero-order chi connectivity index (χ0) is 25.7. The van der Waals surface area contributed by atoms with Crippen LogP contribution in [-0.4, -0.2) is 20.0 Å². The van der Waals surface area contributed by atoms with Crippen molar-refractivity contribution < 1.29 is 22.4 Å². The molecule has 3 aromatic rings. The van der Waals surface area contributed by atoms with Crippen molar-refractivity contribution in [2.45, 2.75) is 19.5 Å². The molecule has 1 aliphatic heterocycles. The Balaban J connectivity index is 1.61. The highest BCUT2D eigenvalue weighted by Crippen LogP contribution is 2.34. The van der Waals surface area contributed by atoms with Crippen LogP contribution in [0.2, 0.25) is 0 Å². The molecule has 0 spiro atoms. The molecule has 0 bridgehead atoms. The molecular formula is C22H17F4N5O3S. The SMILES string of the molecule is C/C=C1/N=c2c(c(=O)n(C)c(=O)n2C)=C1CC(=O)Nc1nc(-c2ccc(C(F)(F)F)c(F)c2)cs1. The summed E-state index contributed by atoms with van der Waals surface area (Å²) >= 11 is 1.00. The van der Waals surface area contributed by atoms with E-state index in [1.165, 1.54) is 24.0 Å². The number of hydrogen-bond acceptors (Lipinski definition) is 6. The topological polar surface area (TPSA) is 98.4 Å². The molecule has 0 atom stereocenters. The Morgan fingerprint density at radius 1 is 1.20 bits per heavy atom. The molecule has 0 radical (unpaired) electrons. The second kappa shape index (κ2) is 8.73. The maximum absolute atomic E-state index is 13.9. The van der Waals surface area contributed by atoms with Gasteiger partial charge in [0, 0.05) is 30.6 Å². The smallest absolute Gasteiger partial charge is 0.302 e. The minimum atomic E-state index is -4.81. The van der Waals surface area contributed by atoms with Gasteiger partial charge in [0.25, 0.3) is 5.56 Å². The van der Waals surface area contributed by atoms with Gasteiger partial charge < -0.3 is 5.32 Å². The lowest BCUT2D eigenvalue weighted by Gasteiger charge is -2.08. The third-order valence-corrected chi connectivity index (χ3v) is 6.16. The van der Waals surface area contributed by atoms with Crippen LogP contribution < -0.4 is 27.3 Å². The first-order chi connectivity index (χ1) is 16.4. The van der Waals surface area contributed by atoms with Crippen molar-refractivity contribution >= 4 is 27.9 Å². The molecule has 1 aliphatic rings. The normalized spacial score (nSPS) is 14.3. The van der Waals surface area contributed by atoms with Gasteiger partial charge in [0.05, 0.1) is 28.6 Å². The molecule has 13 heteroatoms. The van der Waals surface area contributed by atoms with Gasteiger partial charge in [-0.3, -0.25) is 18.7 Å². The standard InChI is InChI=1S/C22H17F4N5O3S/c1-4-14-11(17-18(27-14)30(2)21(34)31(3)19(17)33)8-16(32)29-20-28-15(9-35-20)10-5-6-12(13(23)7-10)22(24,25)26/h4-7,9H,8H2,1-3H3,(H,28,29,32)/b14-4+. The van der Waals surface area contributed by atoms with Crippen LogP contribution >= 0.6 is 11.3 Å². The van der Waals surface area contributed by atoms with E-state index in [-0.39, 0.29) is 33.5 Å². The first-order valence-electron chi connectivity index (χ1n) is 10.1. The van der Waals surface area contributed by atoms with Gasteiger partial charge in [-0.2, -0.15) is 13.2 Å². The molecule has 8 nitrogen and oxygen atoms in total. The Labute approximate surface area is 198 Å². The van der Waals surface area contributed by atoms with E-state index in [4.69, 9.17) is 0 Å². The Hall–Kier alpha value is -3.87.